The van der Waals surface area contributed by atoms with E-state index in [9.17, 15) is 18.0 Å². The minimum Gasteiger partial charge on any atom is -0.496 e. The summed E-state index contributed by atoms with van der Waals surface area (Å²) in [5, 5.41) is 5.39. The third-order valence-corrected chi connectivity index (χ3v) is 4.16. The molecule has 6 nitrogen and oxygen atoms in total. The van der Waals surface area contributed by atoms with Crippen molar-refractivity contribution in [3.05, 3.63) is 28.2 Å². The minimum atomic E-state index is -4.65. The van der Waals surface area contributed by atoms with Gasteiger partial charge in [-0.1, -0.05) is 0 Å². The molecule has 0 saturated heterocycles. The highest BCUT2D eigenvalue weighted by Gasteiger charge is 2.40. The first-order valence-corrected chi connectivity index (χ1v) is 7.66. The number of ether oxygens (including phenoxy) is 2. The van der Waals surface area contributed by atoms with Crippen molar-refractivity contribution in [2.75, 3.05) is 25.7 Å². The van der Waals surface area contributed by atoms with Crippen LogP contribution >= 0.6 is 11.3 Å². The molecule has 10 heteroatoms. The number of aromatic nitrogens is 2. The minimum absolute atomic E-state index is 0.0716. The van der Waals surface area contributed by atoms with Gasteiger partial charge in [-0.3, -0.25) is 9.48 Å². The van der Waals surface area contributed by atoms with Crippen molar-refractivity contribution < 1.29 is 27.4 Å². The molecule has 0 bridgehead atoms. The Morgan fingerprint density at radius 3 is 2.71 bits per heavy atom. The number of hydrogen-bond donors (Lipinski definition) is 0. The number of methoxy groups -OCH3 is 2. The molecule has 0 fully saturated rings. The van der Waals surface area contributed by atoms with Gasteiger partial charge in [0.1, 0.15) is 12.4 Å². The smallest absolute Gasteiger partial charge is 0.435 e. The summed E-state index contributed by atoms with van der Waals surface area (Å²) in [4.78, 5) is 13.9. The first-order chi connectivity index (χ1) is 11.3. The molecular formula is C14H16F3N3O3S. The topological polar surface area (TPSA) is 56.6 Å². The van der Waals surface area contributed by atoms with Gasteiger partial charge >= 0.3 is 6.18 Å². The van der Waals surface area contributed by atoms with Crippen molar-refractivity contribution in [1.82, 2.24) is 9.78 Å². The van der Waals surface area contributed by atoms with Crippen molar-refractivity contribution >= 4 is 22.9 Å². The van der Waals surface area contributed by atoms with E-state index in [0.29, 0.717) is 15.3 Å². The van der Waals surface area contributed by atoms with Crippen LogP contribution in [0.2, 0.25) is 0 Å². The van der Waals surface area contributed by atoms with E-state index in [2.05, 4.69) is 5.10 Å². The molecule has 2 aromatic rings. The molecule has 1 amide bonds. The van der Waals surface area contributed by atoms with Gasteiger partial charge in [0.25, 0.3) is 5.91 Å². The molecule has 0 aliphatic heterocycles. The molecule has 0 N–H and O–H groups in total. The van der Waals surface area contributed by atoms with Gasteiger partial charge in [0.05, 0.1) is 30.4 Å². The molecule has 0 aliphatic rings. The lowest BCUT2D eigenvalue weighted by atomic mass is 10.2. The lowest BCUT2D eigenvalue weighted by molar-refractivity contribution is -0.143. The highest BCUT2D eigenvalue weighted by atomic mass is 32.1. The second-order valence-electron chi connectivity index (χ2n) is 4.82. The van der Waals surface area contributed by atoms with Crippen LogP contribution in [0.25, 0.3) is 0 Å². The fourth-order valence-corrected chi connectivity index (χ4v) is 3.06. The largest absolute Gasteiger partial charge is 0.496 e. The molecule has 2 rings (SSSR count). The van der Waals surface area contributed by atoms with Crippen LogP contribution in [0.5, 0.6) is 5.75 Å². The Hall–Kier alpha value is -2.07. The number of anilines is 1. The SMILES string of the molecule is COCC(=O)N(Cc1sccc1OC)c1cnn(C)c1C(F)(F)F. The summed E-state index contributed by atoms with van der Waals surface area (Å²) in [7, 11) is 3.94. The predicted molar refractivity (Wildman–Crippen MR) is 82.1 cm³/mol. The van der Waals surface area contributed by atoms with Gasteiger partial charge in [-0.15, -0.1) is 11.3 Å². The molecule has 2 aromatic heterocycles. The lowest BCUT2D eigenvalue weighted by Crippen LogP contribution is -2.34. The zero-order chi connectivity index (χ0) is 17.9. The number of alkyl halides is 3. The number of aryl methyl sites for hydroxylation is 1. The molecule has 0 unspecified atom stereocenters. The van der Waals surface area contributed by atoms with Crippen LogP contribution < -0.4 is 9.64 Å². The Kier molecular flexibility index (Phi) is 5.50. The van der Waals surface area contributed by atoms with Gasteiger partial charge in [0.15, 0.2) is 5.69 Å². The summed E-state index contributed by atoms with van der Waals surface area (Å²) >= 11 is 1.28. The molecule has 0 radical (unpaired) electrons. The Balaban J connectivity index is 2.46. The van der Waals surface area contributed by atoms with Crippen LogP contribution in [0.1, 0.15) is 10.6 Å². The Labute approximate surface area is 140 Å². The van der Waals surface area contributed by atoms with E-state index in [1.54, 1.807) is 11.4 Å². The summed E-state index contributed by atoms with van der Waals surface area (Å²) in [5.74, 6) is -0.0980. The highest BCUT2D eigenvalue weighted by molar-refractivity contribution is 7.10. The maximum Gasteiger partial charge on any atom is 0.435 e. The van der Waals surface area contributed by atoms with Gasteiger partial charge < -0.3 is 14.4 Å². The monoisotopic (exact) mass is 363 g/mol. The molecule has 0 saturated carbocycles. The zero-order valence-electron chi connectivity index (χ0n) is 13.3. The van der Waals surface area contributed by atoms with Gasteiger partial charge in [-0.2, -0.15) is 18.3 Å². The van der Waals surface area contributed by atoms with Crippen molar-refractivity contribution in [1.29, 1.82) is 0 Å². The molecule has 0 atom stereocenters. The summed E-state index contributed by atoms with van der Waals surface area (Å²) < 4.78 is 50.6. The van der Waals surface area contributed by atoms with Gasteiger partial charge in [-0.05, 0) is 11.4 Å². The number of amides is 1. The normalized spacial score (nSPS) is 11.6. The average molecular weight is 363 g/mol. The van der Waals surface area contributed by atoms with Crippen LogP contribution in [0.15, 0.2) is 17.6 Å². The lowest BCUT2D eigenvalue weighted by Gasteiger charge is -2.23. The Morgan fingerprint density at radius 2 is 2.12 bits per heavy atom. The zero-order valence-corrected chi connectivity index (χ0v) is 14.1. The van der Waals surface area contributed by atoms with E-state index < -0.39 is 17.8 Å². The quantitative estimate of drug-likeness (QED) is 0.792. The number of halogens is 3. The van der Waals surface area contributed by atoms with E-state index in [0.717, 1.165) is 11.1 Å². The van der Waals surface area contributed by atoms with E-state index >= 15 is 0 Å². The van der Waals surface area contributed by atoms with Crippen molar-refractivity contribution in [2.45, 2.75) is 12.7 Å². The van der Waals surface area contributed by atoms with Gasteiger partial charge in [0.2, 0.25) is 0 Å². The predicted octanol–water partition coefficient (Wildman–Crippen LogP) is 2.69. The first-order valence-electron chi connectivity index (χ1n) is 6.78. The number of carbonyl (C=O) groups is 1. The number of hydrogen-bond acceptors (Lipinski definition) is 5. The van der Waals surface area contributed by atoms with Gasteiger partial charge in [-0.25, -0.2) is 0 Å². The number of thiophene rings is 1. The van der Waals surface area contributed by atoms with Crippen LogP contribution in [0.4, 0.5) is 18.9 Å². The third-order valence-electron chi connectivity index (χ3n) is 3.27. The molecule has 2 heterocycles. The van der Waals surface area contributed by atoms with E-state index in [1.807, 2.05) is 0 Å². The van der Waals surface area contributed by atoms with Crippen molar-refractivity contribution in [2.24, 2.45) is 7.05 Å². The molecule has 0 aliphatic carbocycles. The van der Waals surface area contributed by atoms with Crippen LogP contribution in [-0.4, -0.2) is 36.5 Å². The summed E-state index contributed by atoms with van der Waals surface area (Å²) in [5.41, 5.74) is -1.31. The Morgan fingerprint density at radius 1 is 1.42 bits per heavy atom. The van der Waals surface area contributed by atoms with Crippen LogP contribution in [0, 0.1) is 0 Å². The van der Waals surface area contributed by atoms with Gasteiger partial charge in [0, 0.05) is 14.2 Å². The maximum absolute atomic E-state index is 13.3. The fraction of sp³-hybridized carbons (Fsp3) is 0.429. The number of nitrogens with zero attached hydrogens (tertiary/aromatic N) is 3. The van der Waals surface area contributed by atoms with E-state index in [1.165, 1.54) is 32.6 Å². The molecule has 24 heavy (non-hydrogen) atoms. The molecule has 0 spiro atoms. The van der Waals surface area contributed by atoms with Crippen LogP contribution in [0.3, 0.4) is 0 Å². The second-order valence-corrected chi connectivity index (χ2v) is 5.83. The average Bonchev–Trinajstić information content (AvgIpc) is 3.10. The molecule has 132 valence electrons. The maximum atomic E-state index is 13.3. The fourth-order valence-electron chi connectivity index (χ4n) is 2.23. The number of rotatable bonds is 6. The first kappa shape index (κ1) is 18.3. The highest BCUT2D eigenvalue weighted by Crippen LogP contribution is 2.37. The number of carbonyl (C=O) groups excluding carboxylic acids is 1. The van der Waals surface area contributed by atoms with Crippen molar-refractivity contribution in [3.63, 3.8) is 0 Å². The standard InChI is InChI=1S/C14H16F3N3O3S/c1-19-13(14(15,16)17)9(6-18-19)20(12(21)8-22-2)7-11-10(23-3)4-5-24-11/h4-6H,7-8H2,1-3H3. The van der Waals surface area contributed by atoms with E-state index in [4.69, 9.17) is 9.47 Å². The van der Waals surface area contributed by atoms with Crippen molar-refractivity contribution in [3.8, 4) is 5.75 Å². The summed E-state index contributed by atoms with van der Waals surface area (Å²) in [6, 6.07) is 1.69. The van der Waals surface area contributed by atoms with E-state index in [-0.39, 0.29) is 18.8 Å². The van der Waals surface area contributed by atoms with Crippen LogP contribution in [-0.2, 0) is 29.3 Å². The third kappa shape index (κ3) is 3.70. The Bertz CT molecular complexity index is 712. The molecule has 0 aromatic carbocycles. The second kappa shape index (κ2) is 7.22. The summed E-state index contributed by atoms with van der Waals surface area (Å²) in [6.45, 7) is -0.419. The summed E-state index contributed by atoms with van der Waals surface area (Å²) in [6.07, 6.45) is -3.62. The molecular weight excluding hydrogens is 347 g/mol.